The van der Waals surface area contributed by atoms with Crippen molar-refractivity contribution in [1.29, 1.82) is 0 Å². The predicted octanol–water partition coefficient (Wildman–Crippen LogP) is 0.279. The van der Waals surface area contributed by atoms with Gasteiger partial charge in [-0.2, -0.15) is 0 Å². The average Bonchev–Trinajstić information content (AvgIpc) is 2.33. The van der Waals surface area contributed by atoms with Crippen molar-refractivity contribution >= 4 is 12.0 Å². The number of aliphatic hydroxyl groups is 1. The Bertz CT molecular complexity index is 283. The Hall–Kier alpha value is -1.34. The van der Waals surface area contributed by atoms with Gasteiger partial charge in [0.2, 0.25) is 0 Å². The van der Waals surface area contributed by atoms with E-state index in [0.29, 0.717) is 13.0 Å². The summed E-state index contributed by atoms with van der Waals surface area (Å²) in [6, 6.07) is -0.275. The largest absolute Gasteiger partial charge is 0.481 e. The fraction of sp³-hybridized carbons (Fsp3) is 0.833. The van der Waals surface area contributed by atoms with Gasteiger partial charge in [-0.15, -0.1) is 0 Å². The van der Waals surface area contributed by atoms with Crippen LogP contribution < -0.4 is 5.32 Å². The first kappa shape index (κ1) is 17.7. The molecule has 0 spiro atoms. The molecule has 0 heterocycles. The summed E-state index contributed by atoms with van der Waals surface area (Å²) in [5.41, 5.74) is 0. The Labute approximate surface area is 113 Å². The molecule has 0 rings (SSSR count). The number of carboxylic acids is 1. The number of rotatable bonds is 9. The van der Waals surface area contributed by atoms with E-state index in [1.165, 1.54) is 7.11 Å². The number of nitrogens with one attached hydrogen (secondary N) is 1. The molecule has 0 aliphatic carbocycles. The zero-order chi connectivity index (χ0) is 14.8. The van der Waals surface area contributed by atoms with E-state index in [9.17, 15) is 9.59 Å². The van der Waals surface area contributed by atoms with Crippen molar-refractivity contribution in [1.82, 2.24) is 10.2 Å². The number of ether oxygens (including phenoxy) is 1. The number of carbonyl (C=O) groups excluding carboxylic acids is 1. The molecular weight excluding hydrogens is 252 g/mol. The molecule has 0 radical (unpaired) electrons. The molecule has 0 bridgehead atoms. The molecule has 7 heteroatoms. The molecule has 0 aromatic heterocycles. The second-order valence-electron chi connectivity index (χ2n) is 4.51. The van der Waals surface area contributed by atoms with Gasteiger partial charge >= 0.3 is 12.0 Å². The molecule has 0 aromatic carbocycles. The summed E-state index contributed by atoms with van der Waals surface area (Å²) in [6.45, 7) is 4.38. The summed E-state index contributed by atoms with van der Waals surface area (Å²) in [7, 11) is 1.41. The lowest BCUT2D eigenvalue weighted by Crippen LogP contribution is -2.47. The molecule has 0 saturated carbocycles. The minimum absolute atomic E-state index is 0.00650. The number of aliphatic hydroxyl groups excluding tert-OH is 1. The third kappa shape index (κ3) is 7.63. The van der Waals surface area contributed by atoms with E-state index >= 15 is 0 Å². The fourth-order valence-electron chi connectivity index (χ4n) is 1.57. The van der Waals surface area contributed by atoms with E-state index in [1.807, 2.05) is 13.8 Å². The molecule has 0 aromatic rings. The van der Waals surface area contributed by atoms with Crippen molar-refractivity contribution in [2.45, 2.75) is 38.8 Å². The van der Waals surface area contributed by atoms with Crippen LogP contribution in [0, 0.1) is 0 Å². The van der Waals surface area contributed by atoms with E-state index in [4.69, 9.17) is 14.9 Å². The van der Waals surface area contributed by atoms with Crippen molar-refractivity contribution in [3.63, 3.8) is 0 Å². The van der Waals surface area contributed by atoms with E-state index in [-0.39, 0.29) is 31.6 Å². The molecule has 19 heavy (non-hydrogen) atoms. The lowest BCUT2D eigenvalue weighted by atomic mass is 10.2. The maximum Gasteiger partial charge on any atom is 0.317 e. The van der Waals surface area contributed by atoms with Gasteiger partial charge in [-0.25, -0.2) is 4.79 Å². The van der Waals surface area contributed by atoms with Gasteiger partial charge in [0.05, 0.1) is 12.5 Å². The molecule has 1 unspecified atom stereocenters. The van der Waals surface area contributed by atoms with Crippen LogP contribution in [0.1, 0.15) is 26.7 Å². The Morgan fingerprint density at radius 3 is 2.42 bits per heavy atom. The van der Waals surface area contributed by atoms with Gasteiger partial charge in [-0.1, -0.05) is 0 Å². The normalized spacial score (nSPS) is 12.3. The summed E-state index contributed by atoms with van der Waals surface area (Å²) in [5.74, 6) is -0.970. The highest BCUT2D eigenvalue weighted by molar-refractivity contribution is 5.74. The maximum absolute atomic E-state index is 11.9. The fourth-order valence-corrected chi connectivity index (χ4v) is 1.57. The second kappa shape index (κ2) is 9.57. The third-order valence-electron chi connectivity index (χ3n) is 2.66. The first-order chi connectivity index (χ1) is 8.92. The number of hydrogen-bond acceptors (Lipinski definition) is 4. The summed E-state index contributed by atoms with van der Waals surface area (Å²) in [6.07, 6.45) is -0.197. The van der Waals surface area contributed by atoms with Crippen LogP contribution in [0.25, 0.3) is 0 Å². The highest BCUT2D eigenvalue weighted by Crippen LogP contribution is 2.02. The van der Waals surface area contributed by atoms with Gasteiger partial charge in [-0.05, 0) is 20.3 Å². The van der Waals surface area contributed by atoms with Gasteiger partial charge < -0.3 is 25.2 Å². The van der Waals surface area contributed by atoms with Gasteiger partial charge in [0, 0.05) is 32.8 Å². The Morgan fingerprint density at radius 2 is 2.00 bits per heavy atom. The molecule has 3 N–H and O–H groups in total. The second-order valence-corrected chi connectivity index (χ2v) is 4.51. The topological polar surface area (TPSA) is 99.1 Å². The van der Waals surface area contributed by atoms with Crippen molar-refractivity contribution in [3.8, 4) is 0 Å². The lowest BCUT2D eigenvalue weighted by Gasteiger charge is -2.27. The van der Waals surface area contributed by atoms with Gasteiger partial charge in [-0.3, -0.25) is 4.79 Å². The predicted molar refractivity (Wildman–Crippen MR) is 70.0 cm³/mol. The highest BCUT2D eigenvalue weighted by Gasteiger charge is 2.18. The number of nitrogens with zero attached hydrogens (tertiary/aromatic N) is 1. The minimum Gasteiger partial charge on any atom is -0.481 e. The number of aliphatic carboxylic acids is 1. The SMILES string of the molecule is COC(CNC(=O)N(CCCO)C(C)C)CC(=O)O. The van der Waals surface area contributed by atoms with Crippen molar-refractivity contribution in [3.05, 3.63) is 0 Å². The smallest absolute Gasteiger partial charge is 0.317 e. The number of hydrogen-bond donors (Lipinski definition) is 3. The lowest BCUT2D eigenvalue weighted by molar-refractivity contribution is -0.139. The monoisotopic (exact) mass is 276 g/mol. The van der Waals surface area contributed by atoms with Crippen LogP contribution in [0.5, 0.6) is 0 Å². The summed E-state index contributed by atoms with van der Waals surface area (Å²) < 4.78 is 4.98. The molecule has 0 saturated heterocycles. The minimum atomic E-state index is -0.970. The first-order valence-electron chi connectivity index (χ1n) is 6.32. The highest BCUT2D eigenvalue weighted by atomic mass is 16.5. The molecule has 7 nitrogen and oxygen atoms in total. The number of carbonyl (C=O) groups is 2. The van der Waals surface area contributed by atoms with Gasteiger partial charge in [0.1, 0.15) is 0 Å². The standard InChI is InChI=1S/C12H24N2O5/c1-9(2)14(5-4-6-15)12(18)13-8-10(19-3)7-11(16)17/h9-10,15H,4-8H2,1-3H3,(H,13,18)(H,16,17). The van der Waals surface area contributed by atoms with Crippen LogP contribution >= 0.6 is 0 Å². The summed E-state index contributed by atoms with van der Waals surface area (Å²) >= 11 is 0. The van der Waals surface area contributed by atoms with Gasteiger partial charge in [0.25, 0.3) is 0 Å². The average molecular weight is 276 g/mol. The number of amides is 2. The van der Waals surface area contributed by atoms with Crippen LogP contribution in [-0.4, -0.2) is 66.1 Å². The maximum atomic E-state index is 11.9. The van der Waals surface area contributed by atoms with Crippen LogP contribution in [0.3, 0.4) is 0 Å². The van der Waals surface area contributed by atoms with Crippen LogP contribution in [0.2, 0.25) is 0 Å². The first-order valence-corrected chi connectivity index (χ1v) is 6.32. The quantitative estimate of drug-likeness (QED) is 0.561. The van der Waals surface area contributed by atoms with Crippen LogP contribution in [0.4, 0.5) is 4.79 Å². The molecule has 2 amide bonds. The molecule has 0 fully saturated rings. The summed E-state index contributed by atoms with van der Waals surface area (Å²) in [5, 5.41) is 20.1. The molecule has 0 aliphatic rings. The molecular formula is C12H24N2O5. The summed E-state index contributed by atoms with van der Waals surface area (Å²) in [4.78, 5) is 24.1. The van der Waals surface area contributed by atoms with E-state index in [1.54, 1.807) is 4.90 Å². The Kier molecular flexibility index (Phi) is 8.90. The number of urea groups is 1. The number of carboxylic acid groups (broad SMARTS) is 1. The van der Waals surface area contributed by atoms with E-state index < -0.39 is 12.1 Å². The van der Waals surface area contributed by atoms with Gasteiger partial charge in [0.15, 0.2) is 0 Å². The van der Waals surface area contributed by atoms with Crippen LogP contribution in [0.15, 0.2) is 0 Å². The molecule has 1 atom stereocenters. The third-order valence-corrected chi connectivity index (χ3v) is 2.66. The van der Waals surface area contributed by atoms with E-state index in [2.05, 4.69) is 5.32 Å². The van der Waals surface area contributed by atoms with E-state index in [0.717, 1.165) is 0 Å². The Balaban J connectivity index is 4.26. The molecule has 112 valence electrons. The van der Waals surface area contributed by atoms with Crippen molar-refractivity contribution in [2.75, 3.05) is 26.8 Å². The Morgan fingerprint density at radius 1 is 1.37 bits per heavy atom. The number of methoxy groups -OCH3 is 1. The van der Waals surface area contributed by atoms with Crippen molar-refractivity contribution < 1.29 is 24.5 Å². The molecule has 0 aliphatic heterocycles. The van der Waals surface area contributed by atoms with Crippen molar-refractivity contribution in [2.24, 2.45) is 0 Å². The zero-order valence-electron chi connectivity index (χ0n) is 11.8. The van der Waals surface area contributed by atoms with Crippen LogP contribution in [-0.2, 0) is 9.53 Å². The zero-order valence-corrected chi connectivity index (χ0v) is 11.8.